The zero-order chi connectivity index (χ0) is 19.7. The highest BCUT2D eigenvalue weighted by molar-refractivity contribution is 9.10. The van der Waals surface area contributed by atoms with Gasteiger partial charge in [0.1, 0.15) is 0 Å². The number of carbonyl (C=O) groups is 1. The fourth-order valence-electron chi connectivity index (χ4n) is 3.29. The summed E-state index contributed by atoms with van der Waals surface area (Å²) in [5.74, 6) is 0.409. The first kappa shape index (κ1) is 18.8. The second-order valence-corrected chi connectivity index (χ2v) is 7.95. The summed E-state index contributed by atoms with van der Waals surface area (Å²) < 4.78 is 1.01. The molecule has 144 valence electrons. The van der Waals surface area contributed by atoms with Crippen LogP contribution < -0.4 is 10.2 Å². The highest BCUT2D eigenvalue weighted by atomic mass is 79.9. The summed E-state index contributed by atoms with van der Waals surface area (Å²) in [4.78, 5) is 27.0. The number of hydrogen-bond acceptors (Lipinski definition) is 5. The quantitative estimate of drug-likeness (QED) is 0.673. The Labute approximate surface area is 172 Å². The molecule has 1 saturated heterocycles. The standard InChI is InChI=1S/C21H22BrN5O/c1-14-13-15(7-8-16(14)22)23-21(28)19-20(27-11-9-26(2)10-12-27)25-18-6-4-3-5-17(18)24-19/h3-8,13H,9-12H2,1-2H3,(H,23,28). The van der Waals surface area contributed by atoms with Crippen LogP contribution in [-0.2, 0) is 0 Å². The number of piperazine rings is 1. The fourth-order valence-corrected chi connectivity index (χ4v) is 3.54. The van der Waals surface area contributed by atoms with Crippen molar-refractivity contribution in [3.05, 3.63) is 58.2 Å². The van der Waals surface area contributed by atoms with Crippen LogP contribution in [0.25, 0.3) is 11.0 Å². The predicted molar refractivity (Wildman–Crippen MR) is 116 cm³/mol. The Kier molecular flexibility index (Phi) is 5.28. The van der Waals surface area contributed by atoms with Gasteiger partial charge in [0, 0.05) is 36.3 Å². The number of amides is 1. The van der Waals surface area contributed by atoms with Crippen molar-refractivity contribution < 1.29 is 4.79 Å². The number of likely N-dealkylation sites (N-methyl/N-ethyl adjacent to an activating group) is 1. The van der Waals surface area contributed by atoms with E-state index in [1.54, 1.807) is 0 Å². The lowest BCUT2D eigenvalue weighted by Gasteiger charge is -2.33. The van der Waals surface area contributed by atoms with Crippen molar-refractivity contribution in [2.45, 2.75) is 6.92 Å². The zero-order valence-corrected chi connectivity index (χ0v) is 17.5. The summed E-state index contributed by atoms with van der Waals surface area (Å²) in [6.07, 6.45) is 0. The molecule has 0 radical (unpaired) electrons. The summed E-state index contributed by atoms with van der Waals surface area (Å²) in [5.41, 5.74) is 3.68. The Bertz CT molecular complexity index is 1030. The lowest BCUT2D eigenvalue weighted by molar-refractivity contribution is 0.102. The van der Waals surface area contributed by atoms with Crippen LogP contribution >= 0.6 is 15.9 Å². The number of rotatable bonds is 3. The summed E-state index contributed by atoms with van der Waals surface area (Å²) in [5, 5.41) is 2.98. The number of benzene rings is 2. The molecule has 4 rings (SSSR count). The Balaban J connectivity index is 1.71. The van der Waals surface area contributed by atoms with Crippen LogP contribution in [0.15, 0.2) is 46.9 Å². The molecular weight excluding hydrogens is 418 g/mol. The lowest BCUT2D eigenvalue weighted by Crippen LogP contribution is -2.45. The van der Waals surface area contributed by atoms with Crippen LogP contribution in [0.5, 0.6) is 0 Å². The molecule has 3 aromatic rings. The maximum absolute atomic E-state index is 13.1. The van der Waals surface area contributed by atoms with Crippen molar-refractivity contribution in [1.82, 2.24) is 14.9 Å². The molecule has 1 fully saturated rings. The molecule has 0 unspecified atom stereocenters. The van der Waals surface area contributed by atoms with Crippen LogP contribution in [0.2, 0.25) is 0 Å². The molecule has 0 saturated carbocycles. The van der Waals surface area contributed by atoms with E-state index in [2.05, 4.69) is 43.1 Å². The molecule has 1 aliphatic heterocycles. The Hall–Kier alpha value is -2.51. The molecule has 0 aliphatic carbocycles. The van der Waals surface area contributed by atoms with E-state index < -0.39 is 0 Å². The molecule has 2 aromatic carbocycles. The van der Waals surface area contributed by atoms with Gasteiger partial charge in [-0.15, -0.1) is 0 Å². The molecule has 0 bridgehead atoms. The second kappa shape index (κ2) is 7.85. The number of fused-ring (bicyclic) bond motifs is 1. The molecule has 0 spiro atoms. The van der Waals surface area contributed by atoms with Gasteiger partial charge in [0.25, 0.3) is 5.91 Å². The summed E-state index contributed by atoms with van der Waals surface area (Å²) >= 11 is 3.49. The molecule has 1 amide bonds. The topological polar surface area (TPSA) is 61.4 Å². The number of para-hydroxylation sites is 2. The van der Waals surface area contributed by atoms with E-state index in [1.165, 1.54) is 0 Å². The van der Waals surface area contributed by atoms with E-state index in [1.807, 2.05) is 49.4 Å². The van der Waals surface area contributed by atoms with Gasteiger partial charge in [-0.1, -0.05) is 28.1 Å². The molecular formula is C21H22BrN5O. The Morgan fingerprint density at radius 2 is 1.71 bits per heavy atom. The minimum atomic E-state index is -0.242. The third-order valence-electron chi connectivity index (χ3n) is 4.99. The van der Waals surface area contributed by atoms with Crippen molar-refractivity contribution in [3.8, 4) is 0 Å². The van der Waals surface area contributed by atoms with Gasteiger partial charge >= 0.3 is 0 Å². The number of nitrogens with one attached hydrogen (secondary N) is 1. The molecule has 6 nitrogen and oxygen atoms in total. The van der Waals surface area contributed by atoms with Gasteiger partial charge in [0.15, 0.2) is 11.5 Å². The van der Waals surface area contributed by atoms with Crippen molar-refractivity contribution >= 4 is 44.4 Å². The van der Waals surface area contributed by atoms with E-state index in [4.69, 9.17) is 4.98 Å². The van der Waals surface area contributed by atoms with E-state index in [-0.39, 0.29) is 5.91 Å². The number of aromatic nitrogens is 2. The van der Waals surface area contributed by atoms with Crippen LogP contribution in [-0.4, -0.2) is 54.0 Å². The highest BCUT2D eigenvalue weighted by Crippen LogP contribution is 2.24. The van der Waals surface area contributed by atoms with Crippen molar-refractivity contribution in [2.75, 3.05) is 43.4 Å². The molecule has 0 atom stereocenters. The molecule has 1 aliphatic rings. The molecule has 1 aromatic heterocycles. The van der Waals surface area contributed by atoms with E-state index >= 15 is 0 Å². The van der Waals surface area contributed by atoms with Crippen molar-refractivity contribution in [1.29, 1.82) is 0 Å². The van der Waals surface area contributed by atoms with E-state index in [0.717, 1.165) is 52.9 Å². The Morgan fingerprint density at radius 3 is 2.39 bits per heavy atom. The van der Waals surface area contributed by atoms with Crippen LogP contribution in [0.3, 0.4) is 0 Å². The first-order valence-corrected chi connectivity index (χ1v) is 10.1. The van der Waals surface area contributed by atoms with E-state index in [9.17, 15) is 4.79 Å². The van der Waals surface area contributed by atoms with Gasteiger partial charge in [-0.2, -0.15) is 0 Å². The molecule has 1 N–H and O–H groups in total. The largest absolute Gasteiger partial charge is 0.352 e. The summed E-state index contributed by atoms with van der Waals surface area (Å²) in [7, 11) is 2.10. The van der Waals surface area contributed by atoms with E-state index in [0.29, 0.717) is 11.5 Å². The third kappa shape index (κ3) is 3.86. The summed E-state index contributed by atoms with van der Waals surface area (Å²) in [6.45, 7) is 5.50. The molecule has 7 heteroatoms. The summed E-state index contributed by atoms with van der Waals surface area (Å²) in [6, 6.07) is 13.4. The SMILES string of the molecule is Cc1cc(NC(=O)c2nc3ccccc3nc2N2CCN(C)CC2)ccc1Br. The third-order valence-corrected chi connectivity index (χ3v) is 5.88. The number of carbonyl (C=O) groups excluding carboxylic acids is 1. The average Bonchev–Trinajstić information content (AvgIpc) is 2.70. The maximum Gasteiger partial charge on any atom is 0.278 e. The van der Waals surface area contributed by atoms with Crippen molar-refractivity contribution in [3.63, 3.8) is 0 Å². The van der Waals surface area contributed by atoms with Crippen molar-refractivity contribution in [2.24, 2.45) is 0 Å². The van der Waals surface area contributed by atoms with Gasteiger partial charge in [0.05, 0.1) is 11.0 Å². The first-order chi connectivity index (χ1) is 13.5. The van der Waals surface area contributed by atoms with Crippen LogP contribution in [0.1, 0.15) is 16.1 Å². The number of halogens is 1. The van der Waals surface area contributed by atoms with Gasteiger partial charge in [0.2, 0.25) is 0 Å². The number of hydrogen-bond donors (Lipinski definition) is 1. The Morgan fingerprint density at radius 1 is 1.04 bits per heavy atom. The monoisotopic (exact) mass is 439 g/mol. The molecule has 28 heavy (non-hydrogen) atoms. The van der Waals surface area contributed by atoms with Crippen LogP contribution in [0.4, 0.5) is 11.5 Å². The number of nitrogens with zero attached hydrogens (tertiary/aromatic N) is 4. The maximum atomic E-state index is 13.1. The first-order valence-electron chi connectivity index (χ1n) is 9.29. The average molecular weight is 440 g/mol. The van der Waals surface area contributed by atoms with Crippen LogP contribution in [0, 0.1) is 6.92 Å². The molecule has 2 heterocycles. The minimum absolute atomic E-state index is 0.242. The van der Waals surface area contributed by atoms with Gasteiger partial charge in [-0.3, -0.25) is 4.79 Å². The highest BCUT2D eigenvalue weighted by Gasteiger charge is 2.24. The number of anilines is 2. The number of aryl methyl sites for hydroxylation is 1. The normalized spacial score (nSPS) is 15.0. The second-order valence-electron chi connectivity index (χ2n) is 7.09. The predicted octanol–water partition coefficient (Wildman–Crippen LogP) is 3.70. The van der Waals surface area contributed by atoms with Gasteiger partial charge in [-0.25, -0.2) is 9.97 Å². The smallest absolute Gasteiger partial charge is 0.278 e. The fraction of sp³-hybridized carbons (Fsp3) is 0.286. The zero-order valence-electron chi connectivity index (χ0n) is 15.9. The van der Waals surface area contributed by atoms with Gasteiger partial charge < -0.3 is 15.1 Å². The lowest BCUT2D eigenvalue weighted by atomic mass is 10.2. The minimum Gasteiger partial charge on any atom is -0.352 e. The van der Waals surface area contributed by atoms with Gasteiger partial charge in [-0.05, 0) is 49.9 Å².